The van der Waals surface area contributed by atoms with Crippen LogP contribution in [-0.2, 0) is 0 Å². The molecular weight excluding hydrogens is 240 g/mol. The molecule has 4 heteroatoms. The van der Waals surface area contributed by atoms with E-state index in [9.17, 15) is 9.90 Å². The number of hydrogen-bond acceptors (Lipinski definition) is 3. The predicted octanol–water partition coefficient (Wildman–Crippen LogP) is 2.94. The molecule has 0 fully saturated rings. The lowest BCUT2D eigenvalue weighted by Crippen LogP contribution is -2.34. The van der Waals surface area contributed by atoms with Crippen molar-refractivity contribution in [2.45, 2.75) is 26.9 Å². The monoisotopic (exact) mass is 256 g/mol. The number of benzene rings is 1. The Hall–Kier alpha value is -1.06. The number of ketones is 1. The molecule has 17 heavy (non-hydrogen) atoms. The highest BCUT2D eigenvalue weighted by Gasteiger charge is 2.31. The number of aliphatic hydroxyl groups excluding tert-OH is 1. The van der Waals surface area contributed by atoms with Crippen molar-refractivity contribution in [3.05, 3.63) is 28.8 Å². The van der Waals surface area contributed by atoms with Gasteiger partial charge in [0.05, 0.1) is 12.7 Å². The van der Waals surface area contributed by atoms with E-state index in [1.807, 2.05) is 0 Å². The van der Waals surface area contributed by atoms with Crippen molar-refractivity contribution in [3.63, 3.8) is 0 Å². The number of Topliss-reactive ketones (excluding diaryl/α,β-unsaturated/α-hetero) is 1. The second-order valence-electron chi connectivity index (χ2n) is 4.98. The molecule has 0 aromatic heterocycles. The fraction of sp³-hybridized carbons (Fsp3) is 0.462. The molecule has 1 atom stereocenters. The van der Waals surface area contributed by atoms with Crippen LogP contribution < -0.4 is 4.74 Å². The van der Waals surface area contributed by atoms with Crippen LogP contribution in [-0.4, -0.2) is 24.1 Å². The summed E-state index contributed by atoms with van der Waals surface area (Å²) in [5.41, 5.74) is -0.216. The van der Waals surface area contributed by atoms with E-state index < -0.39 is 11.5 Å². The summed E-state index contributed by atoms with van der Waals surface area (Å²) in [7, 11) is 1.48. The van der Waals surface area contributed by atoms with Gasteiger partial charge in [0.2, 0.25) is 0 Å². The van der Waals surface area contributed by atoms with Crippen LogP contribution in [0.2, 0.25) is 5.02 Å². The molecule has 94 valence electrons. The molecule has 1 aromatic rings. The Labute approximate surface area is 106 Å². The van der Waals surface area contributed by atoms with Crippen molar-refractivity contribution in [1.82, 2.24) is 0 Å². The Morgan fingerprint density at radius 2 is 2.00 bits per heavy atom. The van der Waals surface area contributed by atoms with Crippen LogP contribution in [0.1, 0.15) is 31.1 Å². The smallest absolute Gasteiger partial charge is 0.195 e. The van der Waals surface area contributed by atoms with Crippen LogP contribution in [0, 0.1) is 5.41 Å². The summed E-state index contributed by atoms with van der Waals surface area (Å²) in [5, 5.41) is 10.4. The largest absolute Gasteiger partial charge is 0.496 e. The third-order valence-corrected chi connectivity index (χ3v) is 2.73. The number of aliphatic hydroxyl groups is 1. The normalized spacial score (nSPS) is 13.3. The van der Waals surface area contributed by atoms with Crippen molar-refractivity contribution in [1.29, 1.82) is 0 Å². The molecule has 0 radical (unpaired) electrons. The number of ether oxygens (including phenoxy) is 1. The lowest BCUT2D eigenvalue weighted by atomic mass is 9.84. The predicted molar refractivity (Wildman–Crippen MR) is 67.8 cm³/mol. The van der Waals surface area contributed by atoms with Gasteiger partial charge in [-0.2, -0.15) is 0 Å². The Morgan fingerprint density at radius 3 is 2.47 bits per heavy atom. The first-order chi connectivity index (χ1) is 7.77. The molecule has 0 aliphatic rings. The van der Waals surface area contributed by atoms with Crippen LogP contribution in [0.15, 0.2) is 18.2 Å². The van der Waals surface area contributed by atoms with Crippen LogP contribution in [0.5, 0.6) is 5.75 Å². The van der Waals surface area contributed by atoms with E-state index in [1.54, 1.807) is 32.9 Å². The van der Waals surface area contributed by atoms with Gasteiger partial charge in [-0.15, -0.1) is 0 Å². The maximum Gasteiger partial charge on any atom is 0.195 e. The maximum atomic E-state index is 12.1. The topological polar surface area (TPSA) is 46.5 Å². The molecule has 1 unspecified atom stereocenters. The van der Waals surface area contributed by atoms with Gasteiger partial charge in [0.25, 0.3) is 0 Å². The number of carbonyl (C=O) groups is 1. The van der Waals surface area contributed by atoms with Crippen molar-refractivity contribution in [2.24, 2.45) is 5.41 Å². The highest BCUT2D eigenvalue weighted by Crippen LogP contribution is 2.28. The van der Waals surface area contributed by atoms with Crippen LogP contribution in [0.25, 0.3) is 0 Å². The number of hydrogen-bond donors (Lipinski definition) is 1. The van der Waals surface area contributed by atoms with E-state index in [0.717, 1.165) is 0 Å². The second kappa shape index (κ2) is 5.07. The summed E-state index contributed by atoms with van der Waals surface area (Å²) in [5.74, 6) is 0.0412. The first kappa shape index (κ1) is 14.0. The van der Waals surface area contributed by atoms with Crippen LogP contribution >= 0.6 is 11.6 Å². The molecule has 1 N–H and O–H groups in total. The summed E-state index contributed by atoms with van der Waals surface area (Å²) >= 11 is 5.85. The van der Waals surface area contributed by atoms with Gasteiger partial charge >= 0.3 is 0 Å². The number of rotatable bonds is 3. The van der Waals surface area contributed by atoms with Crippen molar-refractivity contribution < 1.29 is 14.6 Å². The second-order valence-corrected chi connectivity index (χ2v) is 5.41. The van der Waals surface area contributed by atoms with Crippen molar-refractivity contribution >= 4 is 17.4 Å². The molecule has 0 saturated carbocycles. The van der Waals surface area contributed by atoms with Crippen LogP contribution in [0.3, 0.4) is 0 Å². The Balaban J connectivity index is 3.16. The Morgan fingerprint density at radius 1 is 1.41 bits per heavy atom. The number of halogens is 1. The van der Waals surface area contributed by atoms with E-state index in [0.29, 0.717) is 16.3 Å². The van der Waals surface area contributed by atoms with E-state index in [4.69, 9.17) is 16.3 Å². The maximum absolute atomic E-state index is 12.1. The average molecular weight is 257 g/mol. The Bertz CT molecular complexity index is 421. The lowest BCUT2D eigenvalue weighted by Gasteiger charge is -2.25. The lowest BCUT2D eigenvalue weighted by molar-refractivity contribution is 0.0440. The van der Waals surface area contributed by atoms with E-state index in [-0.39, 0.29) is 5.78 Å². The molecule has 1 aromatic carbocycles. The van der Waals surface area contributed by atoms with Gasteiger partial charge in [0.15, 0.2) is 5.78 Å². The zero-order valence-corrected chi connectivity index (χ0v) is 11.2. The van der Waals surface area contributed by atoms with Gasteiger partial charge in [-0.25, -0.2) is 0 Å². The fourth-order valence-electron chi connectivity index (χ4n) is 1.41. The Kier molecular flexibility index (Phi) is 4.17. The van der Waals surface area contributed by atoms with Gasteiger partial charge in [-0.1, -0.05) is 32.4 Å². The van der Waals surface area contributed by atoms with Crippen molar-refractivity contribution in [2.75, 3.05) is 7.11 Å². The number of carbonyl (C=O) groups excluding carboxylic acids is 1. The minimum Gasteiger partial charge on any atom is -0.496 e. The fourth-order valence-corrected chi connectivity index (χ4v) is 1.59. The molecule has 3 nitrogen and oxygen atoms in total. The molecule has 1 rings (SSSR count). The quantitative estimate of drug-likeness (QED) is 0.846. The van der Waals surface area contributed by atoms with Gasteiger partial charge in [-0.3, -0.25) is 4.79 Å². The molecule has 0 amide bonds. The zero-order valence-electron chi connectivity index (χ0n) is 10.5. The van der Waals surface area contributed by atoms with Crippen molar-refractivity contribution in [3.8, 4) is 5.75 Å². The molecular formula is C13H17ClO3. The van der Waals surface area contributed by atoms with E-state index in [2.05, 4.69) is 0 Å². The van der Waals surface area contributed by atoms with Gasteiger partial charge in [0.1, 0.15) is 11.9 Å². The minimum absolute atomic E-state index is 0.308. The van der Waals surface area contributed by atoms with E-state index in [1.165, 1.54) is 13.2 Å². The zero-order chi connectivity index (χ0) is 13.2. The third-order valence-electron chi connectivity index (χ3n) is 2.50. The summed E-state index contributed by atoms with van der Waals surface area (Å²) < 4.78 is 5.09. The molecule has 0 bridgehead atoms. The van der Waals surface area contributed by atoms with Gasteiger partial charge in [-0.05, 0) is 23.6 Å². The highest BCUT2D eigenvalue weighted by atomic mass is 35.5. The van der Waals surface area contributed by atoms with Gasteiger partial charge < -0.3 is 9.84 Å². The molecule has 0 heterocycles. The molecule has 0 spiro atoms. The minimum atomic E-state index is -1.09. The molecule has 0 aliphatic heterocycles. The van der Waals surface area contributed by atoms with Gasteiger partial charge in [0, 0.05) is 5.02 Å². The standard InChI is InChI=1S/C13H17ClO3/c1-13(2,3)12(16)11(15)9-7-8(14)5-6-10(9)17-4/h5-7,12,16H,1-4H3. The molecule has 0 saturated heterocycles. The van der Waals surface area contributed by atoms with Crippen LogP contribution in [0.4, 0.5) is 0 Å². The SMILES string of the molecule is COc1ccc(Cl)cc1C(=O)C(O)C(C)(C)C. The first-order valence-corrected chi connectivity index (χ1v) is 5.71. The summed E-state index contributed by atoms with van der Waals surface area (Å²) in [6.45, 7) is 5.39. The summed E-state index contributed by atoms with van der Waals surface area (Å²) in [6, 6.07) is 4.77. The third kappa shape index (κ3) is 3.20. The average Bonchev–Trinajstić information content (AvgIpc) is 2.25. The number of methoxy groups -OCH3 is 1. The summed E-state index contributed by atoms with van der Waals surface area (Å²) in [6.07, 6.45) is -1.09. The summed E-state index contributed by atoms with van der Waals surface area (Å²) in [4.78, 5) is 12.1. The van der Waals surface area contributed by atoms with E-state index >= 15 is 0 Å². The highest BCUT2D eigenvalue weighted by molar-refractivity contribution is 6.31. The first-order valence-electron chi connectivity index (χ1n) is 5.33. The molecule has 0 aliphatic carbocycles.